The topological polar surface area (TPSA) is 254 Å². The van der Waals surface area contributed by atoms with Crippen LogP contribution in [0.4, 0.5) is 0 Å². The fraction of sp³-hybridized carbons (Fsp3) is 0.854. The van der Waals surface area contributed by atoms with Crippen molar-refractivity contribution < 1.29 is 60.7 Å². The molecule has 0 rings (SSSR count). The van der Waals surface area contributed by atoms with E-state index in [1.807, 2.05) is 6.92 Å². The van der Waals surface area contributed by atoms with Gasteiger partial charge in [-0.3, -0.25) is 28.5 Å². The number of likely N-dealkylation sites (N-methyl/N-ethyl adjacent to an activating group) is 1. The van der Waals surface area contributed by atoms with Gasteiger partial charge in [-0.1, -0.05) is 86.8 Å². The van der Waals surface area contributed by atoms with Crippen LogP contribution in [0.5, 0.6) is 0 Å². The molecule has 61 heavy (non-hydrogen) atoms. The monoisotopic (exact) mass is 912 g/mol. The number of carbonyl (C=O) groups excluding carboxylic acids is 6. The van der Waals surface area contributed by atoms with Crippen LogP contribution in [0.3, 0.4) is 0 Å². The number of ether oxygens (including phenoxy) is 4. The predicted octanol–water partition coefficient (Wildman–Crippen LogP) is 2.76. The Balaban J connectivity index is 3.59. The molecule has 18 nitrogen and oxygen atoms in total. The number of unbranched alkanes of at least 4 members (excludes halogenated alkanes) is 13. The number of carbonyl (C=O) groups is 6. The molecule has 0 aromatic heterocycles. The van der Waals surface area contributed by atoms with E-state index in [1.165, 1.54) is 19.3 Å². The Morgan fingerprint density at radius 2 is 1.05 bits per heavy atom. The Labute approximate surface area is 366 Å². The Morgan fingerprint density at radius 1 is 0.574 bits per heavy atom. The highest BCUT2D eigenvalue weighted by molar-refractivity contribution is 7.85. The molecule has 0 saturated heterocycles. The van der Waals surface area contributed by atoms with E-state index in [9.17, 15) is 37.2 Å². The van der Waals surface area contributed by atoms with Gasteiger partial charge in [-0.2, -0.15) is 8.42 Å². The average Bonchev–Trinajstić information content (AvgIpc) is 3.21. The summed E-state index contributed by atoms with van der Waals surface area (Å²) >= 11 is 0. The quantitative estimate of drug-likeness (QED) is 0.0223. The van der Waals surface area contributed by atoms with Crippen LogP contribution in [0, 0.1) is 0 Å². The molecule has 20 heteroatoms. The molecule has 0 aromatic rings. The molecular formula is C41H78N5O13PS. The van der Waals surface area contributed by atoms with Crippen molar-refractivity contribution in [2.45, 2.75) is 141 Å². The van der Waals surface area contributed by atoms with Crippen LogP contribution in [0.15, 0.2) is 0 Å². The molecule has 2 unspecified atom stereocenters. The summed E-state index contributed by atoms with van der Waals surface area (Å²) in [4.78, 5) is 71.2. The molecular weight excluding hydrogens is 834 g/mol. The second kappa shape index (κ2) is 41.4. The van der Waals surface area contributed by atoms with Crippen LogP contribution < -0.4 is 26.6 Å². The Morgan fingerprint density at radius 3 is 1.54 bits per heavy atom. The van der Waals surface area contributed by atoms with Gasteiger partial charge in [-0.25, -0.2) is 0 Å². The van der Waals surface area contributed by atoms with Gasteiger partial charge in [-0.05, 0) is 45.1 Å². The van der Waals surface area contributed by atoms with Crippen LogP contribution in [0.2, 0.25) is 0 Å². The molecule has 0 radical (unpaired) electrons. The van der Waals surface area contributed by atoms with Crippen molar-refractivity contribution in [2.24, 2.45) is 0 Å². The van der Waals surface area contributed by atoms with Gasteiger partial charge in [0.1, 0.15) is 19.5 Å². The first-order valence-electron chi connectivity index (χ1n) is 22.2. The smallest absolute Gasteiger partial charge is 0.264 e. The van der Waals surface area contributed by atoms with Crippen LogP contribution in [-0.4, -0.2) is 145 Å². The van der Waals surface area contributed by atoms with Crippen molar-refractivity contribution in [2.75, 3.05) is 84.8 Å². The molecule has 0 fully saturated rings. The van der Waals surface area contributed by atoms with E-state index in [0.29, 0.717) is 25.7 Å². The highest BCUT2D eigenvalue weighted by Gasteiger charge is 2.14. The number of hydrogen-bond acceptors (Lipinski definition) is 13. The Kier molecular flexibility index (Phi) is 39.6. The van der Waals surface area contributed by atoms with Crippen molar-refractivity contribution >= 4 is 54.8 Å². The van der Waals surface area contributed by atoms with Gasteiger partial charge in [0.2, 0.25) is 23.6 Å². The molecule has 0 saturated carbocycles. The largest absolute Gasteiger partial charge is 0.377 e. The maximum Gasteiger partial charge on any atom is 0.264 e. The van der Waals surface area contributed by atoms with Gasteiger partial charge in [0, 0.05) is 32.5 Å². The van der Waals surface area contributed by atoms with E-state index in [-0.39, 0.29) is 120 Å². The lowest BCUT2D eigenvalue weighted by molar-refractivity contribution is -0.127. The standard InChI is InChI=1S/C41H78N5O13PS/c1-2-42-36(41(52)60)18-15-16-22-43-39(50)33-58-29-28-57-26-24-45-40(51)34-59-30-27-56-25-23-44-37(48)21-20-35(32-47)46-38(49)19-14-12-10-8-6-4-3-5-7-9-11-13-17-31-61(53,54)55/h32,35-36,42H,2-31,33-34,60H2,1H3,(H,43,50)(H,44,48)(H,45,51)(H,46,49)(H,53,54,55)/t35-,36?/m0/s1. The third-order valence-electron chi connectivity index (χ3n) is 9.38. The lowest BCUT2D eigenvalue weighted by Gasteiger charge is -2.14. The third-order valence-corrected chi connectivity index (χ3v) is 10.6. The van der Waals surface area contributed by atoms with Gasteiger partial charge in [-0.15, -0.1) is 0 Å². The van der Waals surface area contributed by atoms with E-state index < -0.39 is 16.2 Å². The van der Waals surface area contributed by atoms with Crippen molar-refractivity contribution in [3.63, 3.8) is 0 Å². The zero-order valence-electron chi connectivity index (χ0n) is 36.7. The van der Waals surface area contributed by atoms with Crippen LogP contribution in [-0.2, 0) is 57.8 Å². The first-order valence-corrected chi connectivity index (χ1v) is 24.4. The van der Waals surface area contributed by atoms with Gasteiger partial charge in [0.15, 0.2) is 5.52 Å². The first kappa shape index (κ1) is 58.4. The van der Waals surface area contributed by atoms with E-state index in [2.05, 4.69) is 35.8 Å². The van der Waals surface area contributed by atoms with E-state index in [4.69, 9.17) is 23.5 Å². The number of nitrogens with one attached hydrogen (secondary N) is 5. The summed E-state index contributed by atoms with van der Waals surface area (Å²) < 4.78 is 51.5. The molecule has 4 amide bonds. The number of aldehydes is 1. The van der Waals surface area contributed by atoms with E-state index in [1.54, 1.807) is 0 Å². The summed E-state index contributed by atoms with van der Waals surface area (Å²) in [6.45, 7) is 4.97. The second-order valence-electron chi connectivity index (χ2n) is 14.9. The maximum atomic E-state index is 12.3. The molecule has 0 aliphatic rings. The normalized spacial score (nSPS) is 12.4. The van der Waals surface area contributed by atoms with Gasteiger partial charge in [0.05, 0.1) is 57.5 Å². The first-order chi connectivity index (χ1) is 29.4. The molecule has 0 aliphatic heterocycles. The molecule has 0 spiro atoms. The fourth-order valence-corrected chi connectivity index (χ4v) is 6.89. The Bertz CT molecular complexity index is 1280. The summed E-state index contributed by atoms with van der Waals surface area (Å²) in [5, 5.41) is 14.0. The van der Waals surface area contributed by atoms with Gasteiger partial charge < -0.3 is 50.3 Å². The molecule has 6 N–H and O–H groups in total. The summed E-state index contributed by atoms with van der Waals surface area (Å²) in [6.07, 6.45) is 16.7. The highest BCUT2D eigenvalue weighted by Crippen LogP contribution is 2.13. The van der Waals surface area contributed by atoms with Crippen molar-refractivity contribution in [1.29, 1.82) is 0 Å². The maximum absolute atomic E-state index is 12.3. The predicted molar refractivity (Wildman–Crippen MR) is 237 cm³/mol. The van der Waals surface area contributed by atoms with Crippen LogP contribution in [0.25, 0.3) is 0 Å². The van der Waals surface area contributed by atoms with E-state index >= 15 is 0 Å². The minimum Gasteiger partial charge on any atom is -0.377 e. The molecule has 356 valence electrons. The highest BCUT2D eigenvalue weighted by atomic mass is 32.2. The average molecular weight is 912 g/mol. The summed E-state index contributed by atoms with van der Waals surface area (Å²) in [6, 6.07) is -0.891. The number of hydrogen-bond donors (Lipinski definition) is 6. The zero-order chi connectivity index (χ0) is 45.2. The second-order valence-corrected chi connectivity index (χ2v) is 17.0. The summed E-state index contributed by atoms with van der Waals surface area (Å²) in [7, 11) is -1.63. The van der Waals surface area contributed by atoms with Gasteiger partial charge in [0.25, 0.3) is 10.1 Å². The van der Waals surface area contributed by atoms with Crippen LogP contribution in [0.1, 0.15) is 129 Å². The minimum absolute atomic E-state index is 0.0379. The summed E-state index contributed by atoms with van der Waals surface area (Å²) in [5.41, 5.74) is 0.0379. The fourth-order valence-electron chi connectivity index (χ4n) is 6.03. The molecule has 0 aliphatic carbocycles. The van der Waals surface area contributed by atoms with Gasteiger partial charge >= 0.3 is 0 Å². The van der Waals surface area contributed by atoms with Crippen molar-refractivity contribution in [1.82, 2.24) is 26.6 Å². The van der Waals surface area contributed by atoms with Crippen LogP contribution >= 0.6 is 9.24 Å². The Hall–Kier alpha value is -2.64. The SMILES string of the molecule is CCNC(CCCCNC(=O)COCCOCCNC(=O)COCCOCCNC(=O)CC[C@@H](C=O)NC(=O)CCCCCCCCCCCCCCCS(=O)(=O)O)C(=O)P. The number of rotatable bonds is 45. The molecule has 0 aromatic carbocycles. The number of amides is 4. The van der Waals surface area contributed by atoms with E-state index in [0.717, 1.165) is 83.6 Å². The lowest BCUT2D eigenvalue weighted by Crippen LogP contribution is -2.37. The third kappa shape index (κ3) is 42.4. The van der Waals surface area contributed by atoms with Crippen molar-refractivity contribution in [3.05, 3.63) is 0 Å². The molecule has 0 heterocycles. The molecule has 3 atom stereocenters. The van der Waals surface area contributed by atoms with Crippen molar-refractivity contribution in [3.8, 4) is 0 Å². The lowest BCUT2D eigenvalue weighted by atomic mass is 10.0. The zero-order valence-corrected chi connectivity index (χ0v) is 38.7. The molecule has 0 bridgehead atoms. The summed E-state index contributed by atoms with van der Waals surface area (Å²) in [5.74, 6) is -1.12. The minimum atomic E-state index is -3.84.